The smallest absolute Gasteiger partial charge is 0.231 e. The first-order chi connectivity index (χ1) is 11.0. The van der Waals surface area contributed by atoms with Crippen molar-refractivity contribution < 1.29 is 9.47 Å². The van der Waals surface area contributed by atoms with Crippen molar-refractivity contribution in [3.63, 3.8) is 0 Å². The molecule has 1 aliphatic rings. The molecule has 4 heteroatoms. The molecule has 1 aromatic heterocycles. The van der Waals surface area contributed by atoms with Gasteiger partial charge >= 0.3 is 0 Å². The lowest BCUT2D eigenvalue weighted by atomic mass is 10.1. The fraction of sp³-hybridized carbons (Fsp3) is 0.211. The van der Waals surface area contributed by atoms with Crippen LogP contribution in [0.15, 0.2) is 48.5 Å². The molecule has 0 amide bonds. The van der Waals surface area contributed by atoms with Crippen LogP contribution in [-0.4, -0.2) is 19.9 Å². The summed E-state index contributed by atoms with van der Waals surface area (Å²) in [6.45, 7) is 7.42. The summed E-state index contributed by atoms with van der Waals surface area (Å²) in [5.41, 5.74) is 3.12. The van der Waals surface area contributed by atoms with Crippen molar-refractivity contribution in [2.24, 2.45) is 0 Å². The summed E-state index contributed by atoms with van der Waals surface area (Å²) in [7, 11) is -1.48. The molecule has 4 rings (SSSR count). The highest BCUT2D eigenvalue weighted by molar-refractivity contribution is 6.90. The molecule has 2 aromatic carbocycles. The maximum absolute atomic E-state index is 5.50. The first kappa shape index (κ1) is 14.3. The topological polar surface area (TPSA) is 31.4 Å². The van der Waals surface area contributed by atoms with Gasteiger partial charge in [-0.1, -0.05) is 37.8 Å². The van der Waals surface area contributed by atoms with Crippen LogP contribution in [0.3, 0.4) is 0 Å². The van der Waals surface area contributed by atoms with Gasteiger partial charge in [0, 0.05) is 5.56 Å². The average molecular weight is 321 g/mol. The number of pyridine rings is 1. The molecule has 3 nitrogen and oxygen atoms in total. The van der Waals surface area contributed by atoms with Crippen molar-refractivity contribution in [1.82, 2.24) is 4.98 Å². The Morgan fingerprint density at radius 2 is 1.70 bits per heavy atom. The Morgan fingerprint density at radius 3 is 2.52 bits per heavy atom. The van der Waals surface area contributed by atoms with Crippen LogP contribution in [0.25, 0.3) is 22.2 Å². The lowest BCUT2D eigenvalue weighted by Gasteiger charge is -2.20. The number of para-hydroxylation sites is 1. The largest absolute Gasteiger partial charge is 0.454 e. The molecule has 0 fully saturated rings. The number of hydrogen-bond donors (Lipinski definition) is 0. The zero-order valence-electron chi connectivity index (χ0n) is 13.6. The Balaban J connectivity index is 1.94. The molecule has 23 heavy (non-hydrogen) atoms. The number of rotatable bonds is 2. The van der Waals surface area contributed by atoms with Gasteiger partial charge in [0.05, 0.1) is 19.3 Å². The third-order valence-electron chi connectivity index (χ3n) is 4.19. The summed E-state index contributed by atoms with van der Waals surface area (Å²) in [5.74, 6) is 1.60. The molecule has 1 aliphatic heterocycles. The van der Waals surface area contributed by atoms with Crippen LogP contribution < -0.4 is 14.7 Å². The van der Waals surface area contributed by atoms with E-state index in [0.29, 0.717) is 6.79 Å². The molecular formula is C19H19NO2Si. The molecule has 0 unspecified atom stereocenters. The third-order valence-corrected chi connectivity index (χ3v) is 6.22. The highest BCUT2D eigenvalue weighted by atomic mass is 28.3. The average Bonchev–Trinajstić information content (AvgIpc) is 3.00. The van der Waals surface area contributed by atoms with Crippen molar-refractivity contribution in [1.29, 1.82) is 0 Å². The van der Waals surface area contributed by atoms with Gasteiger partial charge in [-0.2, -0.15) is 0 Å². The maximum Gasteiger partial charge on any atom is 0.231 e. The molecule has 0 spiro atoms. The fourth-order valence-corrected chi connectivity index (χ4v) is 4.59. The van der Waals surface area contributed by atoms with Crippen molar-refractivity contribution in [2.75, 3.05) is 6.79 Å². The van der Waals surface area contributed by atoms with E-state index in [1.165, 1.54) is 10.6 Å². The predicted molar refractivity (Wildman–Crippen MR) is 96.3 cm³/mol. The minimum atomic E-state index is -1.48. The van der Waals surface area contributed by atoms with E-state index < -0.39 is 8.07 Å². The summed E-state index contributed by atoms with van der Waals surface area (Å²) >= 11 is 0. The standard InChI is InChI=1S/C19H19NO2Si/c1-23(2,3)19-11-16(20-15-7-5-4-6-14(15)19)13-8-9-17-18(10-13)22-12-21-17/h4-11H,12H2,1-3H3. The first-order valence-electron chi connectivity index (χ1n) is 7.83. The number of ether oxygens (including phenoxy) is 2. The second-order valence-corrected chi connectivity index (χ2v) is 11.9. The minimum absolute atomic E-state index is 0.296. The summed E-state index contributed by atoms with van der Waals surface area (Å²) in [5, 5.41) is 2.71. The fourth-order valence-electron chi connectivity index (χ4n) is 3.00. The number of nitrogens with zero attached hydrogens (tertiary/aromatic N) is 1. The van der Waals surface area contributed by atoms with Gasteiger partial charge in [0.1, 0.15) is 0 Å². The SMILES string of the molecule is C[Si](C)(C)c1cc(-c2ccc3c(c2)OCO3)nc2ccccc12. The van der Waals surface area contributed by atoms with Crippen LogP contribution in [0.5, 0.6) is 11.5 Å². The highest BCUT2D eigenvalue weighted by Gasteiger charge is 2.22. The predicted octanol–water partition coefficient (Wildman–Crippen LogP) is 4.18. The van der Waals surface area contributed by atoms with Gasteiger partial charge < -0.3 is 9.47 Å². The van der Waals surface area contributed by atoms with Crippen molar-refractivity contribution in [3.8, 4) is 22.8 Å². The molecule has 3 aromatic rings. The summed E-state index contributed by atoms with van der Waals surface area (Å²) < 4.78 is 10.9. The van der Waals surface area contributed by atoms with E-state index in [1.54, 1.807) is 0 Å². The lowest BCUT2D eigenvalue weighted by Crippen LogP contribution is -2.38. The van der Waals surface area contributed by atoms with Crippen molar-refractivity contribution >= 4 is 24.2 Å². The van der Waals surface area contributed by atoms with E-state index >= 15 is 0 Å². The molecule has 0 saturated heterocycles. The van der Waals surface area contributed by atoms with Crippen molar-refractivity contribution in [2.45, 2.75) is 19.6 Å². The first-order valence-corrected chi connectivity index (χ1v) is 11.3. The molecular weight excluding hydrogens is 302 g/mol. The van der Waals surface area contributed by atoms with E-state index in [-0.39, 0.29) is 0 Å². The molecule has 0 bridgehead atoms. The zero-order valence-corrected chi connectivity index (χ0v) is 14.6. The molecule has 0 N–H and O–H groups in total. The number of fused-ring (bicyclic) bond motifs is 2. The van der Waals surface area contributed by atoms with E-state index in [1.807, 2.05) is 18.2 Å². The molecule has 0 atom stereocenters. The Morgan fingerprint density at radius 1 is 0.913 bits per heavy atom. The monoisotopic (exact) mass is 321 g/mol. The van der Waals surface area contributed by atoms with Crippen LogP contribution >= 0.6 is 0 Å². The number of hydrogen-bond acceptors (Lipinski definition) is 3. The molecule has 116 valence electrons. The van der Waals surface area contributed by atoms with Crippen LogP contribution in [0.2, 0.25) is 19.6 Å². The van der Waals surface area contributed by atoms with Gasteiger partial charge in [-0.3, -0.25) is 0 Å². The summed E-state index contributed by atoms with van der Waals surface area (Å²) in [4.78, 5) is 4.87. The Bertz CT molecular complexity index is 900. The normalized spacial score (nSPS) is 13.5. The lowest BCUT2D eigenvalue weighted by molar-refractivity contribution is 0.174. The van der Waals surface area contributed by atoms with Crippen LogP contribution in [0, 0.1) is 0 Å². The van der Waals surface area contributed by atoms with Gasteiger partial charge in [-0.15, -0.1) is 0 Å². The maximum atomic E-state index is 5.50. The summed E-state index contributed by atoms with van der Waals surface area (Å²) in [6, 6.07) is 16.7. The van der Waals surface area contributed by atoms with E-state index in [9.17, 15) is 0 Å². The minimum Gasteiger partial charge on any atom is -0.454 e. The van der Waals surface area contributed by atoms with Gasteiger partial charge in [0.15, 0.2) is 11.5 Å². The third kappa shape index (κ3) is 2.49. The molecule has 0 radical (unpaired) electrons. The Kier molecular flexibility index (Phi) is 3.16. The van der Waals surface area contributed by atoms with Crippen LogP contribution in [0.1, 0.15) is 0 Å². The second-order valence-electron chi connectivity index (χ2n) is 6.89. The quantitative estimate of drug-likeness (QED) is 0.664. The molecule has 0 saturated carbocycles. The van der Waals surface area contributed by atoms with Gasteiger partial charge in [0.2, 0.25) is 6.79 Å². The van der Waals surface area contributed by atoms with E-state index in [4.69, 9.17) is 14.5 Å². The number of aromatic nitrogens is 1. The van der Waals surface area contributed by atoms with Crippen LogP contribution in [0.4, 0.5) is 0 Å². The van der Waals surface area contributed by atoms with Gasteiger partial charge in [0.25, 0.3) is 0 Å². The molecule has 0 aliphatic carbocycles. The van der Waals surface area contributed by atoms with Gasteiger partial charge in [-0.05, 0) is 40.9 Å². The summed E-state index contributed by atoms with van der Waals surface area (Å²) in [6.07, 6.45) is 0. The Hall–Kier alpha value is -2.33. The van der Waals surface area contributed by atoms with Crippen LogP contribution in [-0.2, 0) is 0 Å². The van der Waals surface area contributed by atoms with E-state index in [2.05, 4.69) is 50.0 Å². The Labute approximate surface area is 136 Å². The van der Waals surface area contributed by atoms with E-state index in [0.717, 1.165) is 28.3 Å². The highest BCUT2D eigenvalue weighted by Crippen LogP contribution is 2.35. The second kappa shape index (κ2) is 5.10. The van der Waals surface area contributed by atoms with Gasteiger partial charge in [-0.25, -0.2) is 4.98 Å². The van der Waals surface area contributed by atoms with Crippen molar-refractivity contribution in [3.05, 3.63) is 48.5 Å². The zero-order chi connectivity index (χ0) is 16.0. The number of benzene rings is 2. The molecule has 2 heterocycles.